The van der Waals surface area contributed by atoms with Gasteiger partial charge in [0.25, 0.3) is 0 Å². The number of hydrogen-bond donors (Lipinski definition) is 0. The van der Waals surface area contributed by atoms with Crippen molar-refractivity contribution in [2.24, 2.45) is 0 Å². The van der Waals surface area contributed by atoms with Gasteiger partial charge in [-0.25, -0.2) is 4.98 Å². The van der Waals surface area contributed by atoms with Crippen LogP contribution in [0.25, 0.3) is 10.6 Å². The van der Waals surface area contributed by atoms with Crippen LogP contribution >= 0.6 is 66.6 Å². The molecule has 0 aliphatic carbocycles. The van der Waals surface area contributed by atoms with E-state index < -0.39 is 0 Å². The number of nitrogens with zero attached hydrogens (tertiary/aromatic N) is 1. The van der Waals surface area contributed by atoms with Gasteiger partial charge in [-0.05, 0) is 17.9 Å². The third-order valence-corrected chi connectivity index (χ3v) is 5.53. The fraction of sp³-hybridized carbons (Fsp3) is 0.231. The first-order valence-electron chi connectivity index (χ1n) is 5.74. The van der Waals surface area contributed by atoms with Crippen LogP contribution in [0.15, 0.2) is 24.3 Å². The van der Waals surface area contributed by atoms with Crippen LogP contribution in [0, 0.1) is 0 Å². The van der Waals surface area contributed by atoms with Crippen molar-refractivity contribution in [2.75, 3.05) is 5.75 Å². The highest BCUT2D eigenvalue weighted by Crippen LogP contribution is 2.39. The number of rotatable bonds is 4. The second kappa shape index (κ2) is 7.40. The average Bonchev–Trinajstić information content (AvgIpc) is 2.85. The lowest BCUT2D eigenvalue weighted by Gasteiger charge is -2.00. The number of carbonyl (C=O) groups is 1. The fourth-order valence-corrected chi connectivity index (χ4v) is 4.37. The maximum absolute atomic E-state index is 12.1. The number of halogens is 3. The number of hydrogen-bond acceptors (Lipinski definition) is 4. The third kappa shape index (κ3) is 3.85. The summed E-state index contributed by atoms with van der Waals surface area (Å²) in [5, 5.41) is 1.56. The molecule has 0 fully saturated rings. The Labute approximate surface area is 147 Å². The van der Waals surface area contributed by atoms with Gasteiger partial charge >= 0.3 is 0 Å². The summed E-state index contributed by atoms with van der Waals surface area (Å²) in [5.41, 5.74) is 1.69. The van der Waals surface area contributed by atoms with Crippen LogP contribution in [0.5, 0.6) is 0 Å². The van der Waals surface area contributed by atoms with Crippen LogP contribution in [-0.4, -0.2) is 15.9 Å². The van der Waals surface area contributed by atoms with Crippen molar-refractivity contribution >= 4 is 71.7 Å². The standard InChI is InChI=1S/C13H10Br2ClNOS2/c1-2-19-13(18)10-9(11(14)15)17-12(20-10)7-3-5-8(16)6-4-7/h3-6,11H,2H2,1H3. The van der Waals surface area contributed by atoms with E-state index in [4.69, 9.17) is 11.6 Å². The van der Waals surface area contributed by atoms with Crippen molar-refractivity contribution in [3.05, 3.63) is 39.9 Å². The molecule has 1 heterocycles. The van der Waals surface area contributed by atoms with Crippen LogP contribution < -0.4 is 0 Å². The lowest BCUT2D eigenvalue weighted by Crippen LogP contribution is -1.96. The summed E-state index contributed by atoms with van der Waals surface area (Å²) in [4.78, 5) is 17.4. The van der Waals surface area contributed by atoms with E-state index in [0.717, 1.165) is 22.0 Å². The van der Waals surface area contributed by atoms with E-state index in [0.29, 0.717) is 9.90 Å². The molecule has 0 saturated carbocycles. The van der Waals surface area contributed by atoms with Crippen molar-refractivity contribution in [3.8, 4) is 10.6 Å². The van der Waals surface area contributed by atoms with E-state index in [2.05, 4.69) is 36.8 Å². The van der Waals surface area contributed by atoms with Gasteiger partial charge in [-0.15, -0.1) is 11.3 Å². The van der Waals surface area contributed by atoms with E-state index in [-0.39, 0.29) is 8.85 Å². The largest absolute Gasteiger partial charge is 0.281 e. The summed E-state index contributed by atoms with van der Waals surface area (Å²) in [7, 11) is 0. The molecule has 0 N–H and O–H groups in total. The van der Waals surface area contributed by atoms with Crippen molar-refractivity contribution in [1.82, 2.24) is 4.98 Å². The van der Waals surface area contributed by atoms with Gasteiger partial charge in [0.15, 0.2) is 0 Å². The molecule has 7 heteroatoms. The molecule has 2 aromatic rings. The van der Waals surface area contributed by atoms with E-state index in [9.17, 15) is 4.79 Å². The van der Waals surface area contributed by atoms with E-state index in [1.807, 2.05) is 31.2 Å². The smallest absolute Gasteiger partial charge is 0.231 e. The lowest BCUT2D eigenvalue weighted by molar-refractivity contribution is 0.109. The van der Waals surface area contributed by atoms with E-state index in [1.54, 1.807) is 0 Å². The summed E-state index contributed by atoms with van der Waals surface area (Å²) in [5.74, 6) is 0.752. The molecule has 2 rings (SSSR count). The first-order valence-corrected chi connectivity index (χ1v) is 9.76. The molecule has 0 atom stereocenters. The minimum Gasteiger partial charge on any atom is -0.281 e. The molecule has 20 heavy (non-hydrogen) atoms. The lowest BCUT2D eigenvalue weighted by atomic mass is 10.2. The van der Waals surface area contributed by atoms with Crippen molar-refractivity contribution in [1.29, 1.82) is 0 Å². The number of aromatic nitrogens is 1. The Morgan fingerprint density at radius 1 is 1.40 bits per heavy atom. The van der Waals surface area contributed by atoms with Gasteiger partial charge in [0, 0.05) is 10.6 Å². The number of thiazole rings is 1. The second-order valence-electron chi connectivity index (χ2n) is 3.76. The van der Waals surface area contributed by atoms with Gasteiger partial charge in [0.1, 0.15) is 13.6 Å². The zero-order chi connectivity index (χ0) is 14.7. The quantitative estimate of drug-likeness (QED) is 0.518. The minimum atomic E-state index is -0.135. The highest BCUT2D eigenvalue weighted by molar-refractivity contribution is 9.24. The molecule has 2 nitrogen and oxygen atoms in total. The van der Waals surface area contributed by atoms with Crippen LogP contribution in [-0.2, 0) is 0 Å². The summed E-state index contributed by atoms with van der Waals surface area (Å²) >= 11 is 15.5. The molecule has 106 valence electrons. The number of thioether (sulfide) groups is 1. The molecule has 0 aliphatic rings. The van der Waals surface area contributed by atoms with Crippen molar-refractivity contribution in [3.63, 3.8) is 0 Å². The summed E-state index contributed by atoms with van der Waals surface area (Å²) < 4.78 is -0.135. The SMILES string of the molecule is CCSC(=O)c1sc(-c2ccc(Cl)cc2)nc1C(Br)Br. The number of carbonyl (C=O) groups excluding carboxylic acids is 1. The van der Waals surface area contributed by atoms with Crippen molar-refractivity contribution < 1.29 is 4.79 Å². The first-order chi connectivity index (χ1) is 9.52. The monoisotopic (exact) mass is 453 g/mol. The molecule has 0 saturated heterocycles. The van der Waals surface area contributed by atoms with Crippen LogP contribution in [0.4, 0.5) is 0 Å². The Morgan fingerprint density at radius 2 is 2.05 bits per heavy atom. The molecular weight excluding hydrogens is 446 g/mol. The molecule has 0 amide bonds. The second-order valence-corrected chi connectivity index (χ2v) is 9.49. The van der Waals surface area contributed by atoms with E-state index in [1.165, 1.54) is 23.1 Å². The minimum absolute atomic E-state index is 0.0594. The fourth-order valence-electron chi connectivity index (χ4n) is 1.54. The molecule has 0 unspecified atom stereocenters. The zero-order valence-corrected chi connectivity index (χ0v) is 16.0. The maximum atomic E-state index is 12.1. The molecule has 0 radical (unpaired) electrons. The summed E-state index contributed by atoms with van der Waals surface area (Å²) in [6, 6.07) is 7.45. The maximum Gasteiger partial charge on any atom is 0.231 e. The Balaban J connectivity index is 2.43. The van der Waals surface area contributed by atoms with Gasteiger partial charge < -0.3 is 0 Å². The molecule has 0 bridgehead atoms. The topological polar surface area (TPSA) is 30.0 Å². The van der Waals surface area contributed by atoms with Crippen LogP contribution in [0.3, 0.4) is 0 Å². The van der Waals surface area contributed by atoms with Gasteiger partial charge in [-0.1, -0.05) is 74.3 Å². The predicted molar refractivity (Wildman–Crippen MR) is 95.6 cm³/mol. The average molecular weight is 456 g/mol. The van der Waals surface area contributed by atoms with Crippen LogP contribution in [0.1, 0.15) is 26.0 Å². The number of alkyl halides is 2. The number of benzene rings is 1. The van der Waals surface area contributed by atoms with Gasteiger partial charge in [0.05, 0.1) is 5.69 Å². The predicted octanol–water partition coefficient (Wildman–Crippen LogP) is 6.15. The van der Waals surface area contributed by atoms with Crippen molar-refractivity contribution in [2.45, 2.75) is 10.7 Å². The molecule has 0 aliphatic heterocycles. The zero-order valence-electron chi connectivity index (χ0n) is 10.4. The Hall–Kier alpha value is 0.120. The van der Waals surface area contributed by atoms with Gasteiger partial charge in [0.2, 0.25) is 5.12 Å². The molecule has 1 aromatic carbocycles. The third-order valence-electron chi connectivity index (χ3n) is 2.41. The van der Waals surface area contributed by atoms with Gasteiger partial charge in [-0.2, -0.15) is 0 Å². The summed E-state index contributed by atoms with van der Waals surface area (Å²) in [6.07, 6.45) is 0. The molecule has 1 aromatic heterocycles. The Morgan fingerprint density at radius 3 is 2.60 bits per heavy atom. The molecule has 0 spiro atoms. The first kappa shape index (κ1) is 16.5. The Kier molecular flexibility index (Phi) is 6.10. The highest BCUT2D eigenvalue weighted by Gasteiger charge is 2.22. The van der Waals surface area contributed by atoms with Gasteiger partial charge in [-0.3, -0.25) is 4.79 Å². The summed E-state index contributed by atoms with van der Waals surface area (Å²) in [6.45, 7) is 1.96. The highest BCUT2D eigenvalue weighted by atomic mass is 79.9. The molecular formula is C13H10Br2ClNOS2. The normalized spacial score (nSPS) is 11.1. The van der Waals surface area contributed by atoms with E-state index >= 15 is 0 Å². The Bertz CT molecular complexity index is 613. The van der Waals surface area contributed by atoms with Crippen LogP contribution in [0.2, 0.25) is 5.02 Å².